The molecule has 3 rings (SSSR count). The molecule has 3 aromatic rings. The third-order valence-electron chi connectivity index (χ3n) is 3.44. The molecule has 0 saturated heterocycles. The number of nitro groups is 1. The van der Waals surface area contributed by atoms with Crippen LogP contribution >= 0.6 is 11.6 Å². The number of aryl methyl sites for hydroxylation is 1. The predicted molar refractivity (Wildman–Crippen MR) is 96.0 cm³/mol. The van der Waals surface area contributed by atoms with Gasteiger partial charge in [0.05, 0.1) is 11.1 Å². The predicted octanol–water partition coefficient (Wildman–Crippen LogP) is 4.66. The summed E-state index contributed by atoms with van der Waals surface area (Å²) >= 11 is 6.03. The molecule has 0 saturated carbocycles. The van der Waals surface area contributed by atoms with Crippen LogP contribution in [-0.2, 0) is 0 Å². The van der Waals surface area contributed by atoms with Gasteiger partial charge in [-0.3, -0.25) is 15.5 Å². The van der Waals surface area contributed by atoms with Crippen LogP contribution in [0.4, 0.5) is 11.5 Å². The lowest BCUT2D eigenvalue weighted by Gasteiger charge is -2.02. The first-order valence-electron chi connectivity index (χ1n) is 7.29. The molecule has 1 N–H and O–H groups in total. The van der Waals surface area contributed by atoms with E-state index in [4.69, 9.17) is 16.0 Å². The van der Waals surface area contributed by atoms with E-state index in [1.54, 1.807) is 6.07 Å². The van der Waals surface area contributed by atoms with Gasteiger partial charge in [-0.2, -0.15) is 5.10 Å². The molecular formula is C17H13ClN4O3. The van der Waals surface area contributed by atoms with Gasteiger partial charge >= 0.3 is 5.69 Å². The van der Waals surface area contributed by atoms with Crippen LogP contribution in [0.2, 0.25) is 5.02 Å². The fraction of sp³-hybridized carbons (Fsp3) is 0.0588. The van der Waals surface area contributed by atoms with Gasteiger partial charge in [0.2, 0.25) is 5.82 Å². The van der Waals surface area contributed by atoms with Crippen molar-refractivity contribution in [2.45, 2.75) is 6.92 Å². The molecule has 0 atom stereocenters. The number of benzene rings is 1. The van der Waals surface area contributed by atoms with Crippen LogP contribution < -0.4 is 5.43 Å². The summed E-state index contributed by atoms with van der Waals surface area (Å²) in [6.07, 6.45) is 2.86. The Bertz CT molecular complexity index is 953. The number of rotatable bonds is 5. The molecule has 0 radical (unpaired) electrons. The third kappa shape index (κ3) is 3.84. The average Bonchev–Trinajstić information content (AvgIpc) is 3.06. The molecule has 2 aromatic heterocycles. The molecule has 0 unspecified atom stereocenters. The maximum atomic E-state index is 10.9. The average molecular weight is 357 g/mol. The van der Waals surface area contributed by atoms with Crippen molar-refractivity contribution in [1.82, 2.24) is 4.98 Å². The maximum Gasteiger partial charge on any atom is 0.313 e. The zero-order valence-electron chi connectivity index (χ0n) is 13.1. The number of pyridine rings is 1. The van der Waals surface area contributed by atoms with E-state index in [-0.39, 0.29) is 11.5 Å². The number of nitrogens with zero attached hydrogens (tertiary/aromatic N) is 3. The Kier molecular flexibility index (Phi) is 4.76. The quantitative estimate of drug-likeness (QED) is 0.407. The molecule has 0 aliphatic heterocycles. The van der Waals surface area contributed by atoms with Crippen molar-refractivity contribution in [1.29, 1.82) is 0 Å². The topological polar surface area (TPSA) is 93.6 Å². The Hall–Kier alpha value is -3.19. The summed E-state index contributed by atoms with van der Waals surface area (Å²) in [4.78, 5) is 14.3. The van der Waals surface area contributed by atoms with E-state index in [1.165, 1.54) is 24.5 Å². The second-order valence-electron chi connectivity index (χ2n) is 5.16. The SMILES string of the molecule is Cc1ccc(Cl)cc1-c1ccc(/C=N\Nc2ncccc2[N+](=O)[O-])o1. The van der Waals surface area contributed by atoms with Crippen LogP contribution in [0.5, 0.6) is 0 Å². The van der Waals surface area contributed by atoms with Crippen LogP contribution in [-0.4, -0.2) is 16.1 Å². The Morgan fingerprint density at radius 1 is 1.32 bits per heavy atom. The number of furan rings is 1. The van der Waals surface area contributed by atoms with Crippen LogP contribution in [0.3, 0.4) is 0 Å². The van der Waals surface area contributed by atoms with Gasteiger partial charge in [-0.15, -0.1) is 0 Å². The summed E-state index contributed by atoms with van der Waals surface area (Å²) in [5.41, 5.74) is 4.31. The first kappa shape index (κ1) is 16.7. The van der Waals surface area contributed by atoms with Gasteiger partial charge in [-0.25, -0.2) is 4.98 Å². The van der Waals surface area contributed by atoms with Crippen molar-refractivity contribution < 1.29 is 9.34 Å². The number of anilines is 1. The number of hydrogen-bond acceptors (Lipinski definition) is 6. The lowest BCUT2D eigenvalue weighted by Crippen LogP contribution is -1.98. The molecule has 2 heterocycles. The van der Waals surface area contributed by atoms with Crippen molar-refractivity contribution in [3.05, 3.63) is 75.1 Å². The second-order valence-corrected chi connectivity index (χ2v) is 5.60. The number of hydrogen-bond donors (Lipinski definition) is 1. The molecule has 0 spiro atoms. The van der Waals surface area contributed by atoms with Gasteiger partial charge < -0.3 is 4.42 Å². The summed E-state index contributed by atoms with van der Waals surface area (Å²) in [5.74, 6) is 1.20. The molecule has 0 bridgehead atoms. The molecule has 8 heteroatoms. The largest absolute Gasteiger partial charge is 0.455 e. The molecule has 1 aromatic carbocycles. The van der Waals surface area contributed by atoms with Gasteiger partial charge in [0, 0.05) is 22.8 Å². The van der Waals surface area contributed by atoms with E-state index in [0.717, 1.165) is 11.1 Å². The number of nitrogens with one attached hydrogen (secondary N) is 1. The van der Waals surface area contributed by atoms with E-state index >= 15 is 0 Å². The minimum Gasteiger partial charge on any atom is -0.455 e. The Labute approximate surface area is 148 Å². The molecule has 0 aliphatic rings. The Morgan fingerprint density at radius 3 is 2.96 bits per heavy atom. The Morgan fingerprint density at radius 2 is 2.16 bits per heavy atom. The van der Waals surface area contributed by atoms with E-state index < -0.39 is 4.92 Å². The first-order valence-corrected chi connectivity index (χ1v) is 7.67. The highest BCUT2D eigenvalue weighted by molar-refractivity contribution is 6.30. The molecular weight excluding hydrogens is 344 g/mol. The van der Waals surface area contributed by atoms with Gasteiger partial charge in [0.25, 0.3) is 0 Å². The van der Waals surface area contributed by atoms with Crippen molar-refractivity contribution in [2.75, 3.05) is 5.43 Å². The minimum atomic E-state index is -0.530. The highest BCUT2D eigenvalue weighted by Crippen LogP contribution is 2.28. The fourth-order valence-corrected chi connectivity index (χ4v) is 2.39. The zero-order valence-corrected chi connectivity index (χ0v) is 13.9. The molecule has 0 amide bonds. The number of hydrazone groups is 1. The van der Waals surface area contributed by atoms with E-state index in [2.05, 4.69) is 15.5 Å². The molecule has 7 nitrogen and oxygen atoms in total. The van der Waals surface area contributed by atoms with Crippen molar-refractivity contribution in [3.63, 3.8) is 0 Å². The summed E-state index contributed by atoms with van der Waals surface area (Å²) in [6.45, 7) is 1.96. The van der Waals surface area contributed by atoms with E-state index in [1.807, 2.05) is 31.2 Å². The molecule has 0 aliphatic carbocycles. The highest BCUT2D eigenvalue weighted by Gasteiger charge is 2.13. The fourth-order valence-electron chi connectivity index (χ4n) is 2.21. The normalized spacial score (nSPS) is 11.0. The van der Waals surface area contributed by atoms with Crippen molar-refractivity contribution in [2.24, 2.45) is 5.10 Å². The third-order valence-corrected chi connectivity index (χ3v) is 3.67. The second kappa shape index (κ2) is 7.14. The van der Waals surface area contributed by atoms with Crippen LogP contribution in [0, 0.1) is 17.0 Å². The summed E-state index contributed by atoms with van der Waals surface area (Å²) in [5, 5.41) is 15.5. The maximum absolute atomic E-state index is 10.9. The van der Waals surface area contributed by atoms with Crippen LogP contribution in [0.25, 0.3) is 11.3 Å². The number of halogens is 1. The molecule has 25 heavy (non-hydrogen) atoms. The van der Waals surface area contributed by atoms with Crippen LogP contribution in [0.1, 0.15) is 11.3 Å². The summed E-state index contributed by atoms with van der Waals surface area (Å²) in [7, 11) is 0. The first-order chi connectivity index (χ1) is 12.0. The summed E-state index contributed by atoms with van der Waals surface area (Å²) < 4.78 is 5.72. The zero-order chi connectivity index (χ0) is 17.8. The van der Waals surface area contributed by atoms with Crippen molar-refractivity contribution in [3.8, 4) is 11.3 Å². The van der Waals surface area contributed by atoms with E-state index in [0.29, 0.717) is 16.5 Å². The lowest BCUT2D eigenvalue weighted by molar-refractivity contribution is -0.384. The Balaban J connectivity index is 1.77. The van der Waals surface area contributed by atoms with Gasteiger partial charge in [0.1, 0.15) is 11.5 Å². The van der Waals surface area contributed by atoms with Gasteiger partial charge in [-0.05, 0) is 42.8 Å². The minimum absolute atomic E-state index is 0.0567. The van der Waals surface area contributed by atoms with Crippen molar-refractivity contribution >= 4 is 29.3 Å². The van der Waals surface area contributed by atoms with Crippen LogP contribution in [0.15, 0.2) is 58.2 Å². The monoisotopic (exact) mass is 356 g/mol. The highest BCUT2D eigenvalue weighted by atomic mass is 35.5. The summed E-state index contributed by atoms with van der Waals surface area (Å²) in [6, 6.07) is 11.9. The smallest absolute Gasteiger partial charge is 0.313 e. The van der Waals surface area contributed by atoms with Gasteiger partial charge in [-0.1, -0.05) is 17.7 Å². The molecule has 126 valence electrons. The molecule has 0 fully saturated rings. The standard InChI is InChI=1S/C17H13ClN4O3/c1-11-4-5-12(18)9-14(11)16-7-6-13(25-16)10-20-21-17-15(22(23)24)3-2-8-19-17/h2-10H,1H3,(H,19,21)/b20-10-. The van der Waals surface area contributed by atoms with E-state index in [9.17, 15) is 10.1 Å². The lowest BCUT2D eigenvalue weighted by atomic mass is 10.1. The number of aromatic nitrogens is 1. The van der Waals surface area contributed by atoms with Gasteiger partial charge in [0.15, 0.2) is 0 Å².